The highest BCUT2D eigenvalue weighted by molar-refractivity contribution is 6.32. The van der Waals surface area contributed by atoms with Crippen LogP contribution in [0.5, 0.6) is 5.75 Å². The molecule has 1 unspecified atom stereocenters. The molecule has 11 nitrogen and oxygen atoms in total. The number of alkyl halides is 3. The predicted molar refractivity (Wildman–Crippen MR) is 120 cm³/mol. The Morgan fingerprint density at radius 3 is 2.38 bits per heavy atom. The number of nitrogens with zero attached hydrogens (tertiary/aromatic N) is 2. The van der Waals surface area contributed by atoms with E-state index in [1.807, 2.05) is 0 Å². The lowest BCUT2D eigenvalue weighted by atomic mass is 10.1. The minimum atomic E-state index is -4.64. The molecule has 1 atom stereocenters. The van der Waals surface area contributed by atoms with E-state index in [0.29, 0.717) is 23.3 Å². The number of hydrogen-bond acceptors (Lipinski definition) is 10. The summed E-state index contributed by atoms with van der Waals surface area (Å²) in [5, 5.41) is 14.4. The molecule has 2 rings (SSSR count). The molecule has 0 amide bonds. The summed E-state index contributed by atoms with van der Waals surface area (Å²) in [5.74, 6) is -1.87. The zero-order valence-electron chi connectivity index (χ0n) is 19.1. The van der Waals surface area contributed by atoms with Crippen molar-refractivity contribution in [2.24, 2.45) is 5.16 Å². The molecule has 0 heterocycles. The summed E-state index contributed by atoms with van der Waals surface area (Å²) in [4.78, 5) is 37.6. The number of benzene rings is 2. The standard InChI is InChI=1S/C22H20ClF3N2O9/c1-2-33-19(29)12-34-20(30)13-36-27-10-14-3-5-15(6-4-14)11-35-21(28(31)32)37-18-8-7-16(9-17(18)23)22(24,25)26/h3-10,21H,2,11-13H2,1H3/b27-10+. The Hall–Kier alpha value is -3.91. The van der Waals surface area contributed by atoms with Gasteiger partial charge in [-0.25, -0.2) is 9.59 Å². The Morgan fingerprint density at radius 2 is 1.78 bits per heavy atom. The van der Waals surface area contributed by atoms with Crippen molar-refractivity contribution in [3.63, 3.8) is 0 Å². The van der Waals surface area contributed by atoms with Gasteiger partial charge in [0.25, 0.3) is 0 Å². The smallest absolute Gasteiger partial charge is 0.463 e. The van der Waals surface area contributed by atoms with Crippen LogP contribution in [0.25, 0.3) is 0 Å². The maximum absolute atomic E-state index is 12.7. The van der Waals surface area contributed by atoms with E-state index in [9.17, 15) is 32.9 Å². The van der Waals surface area contributed by atoms with Crippen LogP contribution < -0.4 is 4.74 Å². The van der Waals surface area contributed by atoms with Gasteiger partial charge in [0, 0.05) is 0 Å². The first-order chi connectivity index (χ1) is 17.5. The molecular weight excluding hydrogens is 529 g/mol. The molecular formula is C22H20ClF3N2O9. The summed E-state index contributed by atoms with van der Waals surface area (Å²) in [7, 11) is 0. The van der Waals surface area contributed by atoms with Crippen LogP contribution in [-0.2, 0) is 41.4 Å². The first-order valence-electron chi connectivity index (χ1n) is 10.3. The zero-order chi connectivity index (χ0) is 27.4. The van der Waals surface area contributed by atoms with Crippen molar-refractivity contribution in [3.8, 4) is 5.75 Å². The van der Waals surface area contributed by atoms with E-state index < -0.39 is 53.3 Å². The fourth-order valence-electron chi connectivity index (χ4n) is 2.46. The molecule has 2 aromatic carbocycles. The second-order valence-corrected chi connectivity index (χ2v) is 7.29. The number of halogens is 4. The average molecular weight is 549 g/mol. The molecule has 0 aliphatic carbocycles. The van der Waals surface area contributed by atoms with Crippen LogP contribution in [0.15, 0.2) is 47.6 Å². The second-order valence-electron chi connectivity index (χ2n) is 6.88. The van der Waals surface area contributed by atoms with Crippen molar-refractivity contribution in [1.29, 1.82) is 0 Å². The molecule has 0 aromatic heterocycles. The van der Waals surface area contributed by atoms with E-state index in [0.717, 1.165) is 6.07 Å². The van der Waals surface area contributed by atoms with Crippen molar-refractivity contribution in [3.05, 3.63) is 74.3 Å². The maximum atomic E-state index is 12.7. The fraction of sp³-hybridized carbons (Fsp3) is 0.318. The SMILES string of the molecule is CCOC(=O)COC(=O)CO/N=C/c1ccc(COC(Oc2ccc(C(F)(F)F)cc2Cl)[N+](=O)[O-])cc1. The monoisotopic (exact) mass is 548 g/mol. The Bertz CT molecular complexity index is 1110. The van der Waals surface area contributed by atoms with Crippen LogP contribution in [0.3, 0.4) is 0 Å². The van der Waals surface area contributed by atoms with Crippen molar-refractivity contribution >= 4 is 29.8 Å². The summed E-state index contributed by atoms with van der Waals surface area (Å²) in [6.45, 7) is 0.419. The summed E-state index contributed by atoms with van der Waals surface area (Å²) in [6.07, 6.45) is -5.40. The van der Waals surface area contributed by atoms with Crippen molar-refractivity contribution in [2.75, 3.05) is 19.8 Å². The highest BCUT2D eigenvalue weighted by Crippen LogP contribution is 2.35. The van der Waals surface area contributed by atoms with E-state index in [4.69, 9.17) is 25.9 Å². The van der Waals surface area contributed by atoms with Crippen LogP contribution in [0, 0.1) is 10.1 Å². The molecule has 0 saturated carbocycles. The number of hydrogen-bond donors (Lipinski definition) is 0. The van der Waals surface area contributed by atoms with Gasteiger partial charge in [-0.2, -0.15) is 13.2 Å². The van der Waals surface area contributed by atoms with Gasteiger partial charge in [0.05, 0.1) is 34.9 Å². The van der Waals surface area contributed by atoms with Gasteiger partial charge in [0.15, 0.2) is 6.61 Å². The summed E-state index contributed by atoms with van der Waals surface area (Å²) >= 11 is 5.76. The normalized spacial score (nSPS) is 12.1. The van der Waals surface area contributed by atoms with Crippen LogP contribution in [0.1, 0.15) is 23.6 Å². The highest BCUT2D eigenvalue weighted by Gasteiger charge is 2.32. The third kappa shape index (κ3) is 10.3. The Labute approximate surface area is 212 Å². The number of carbonyl (C=O) groups excluding carboxylic acids is 2. The van der Waals surface area contributed by atoms with Gasteiger partial charge >= 0.3 is 24.5 Å². The number of ether oxygens (including phenoxy) is 4. The summed E-state index contributed by atoms with van der Waals surface area (Å²) in [6, 6.07) is 8.37. The van der Waals surface area contributed by atoms with E-state index in [1.54, 1.807) is 31.2 Å². The maximum Gasteiger partial charge on any atom is 0.475 e. The van der Waals surface area contributed by atoms with Gasteiger partial charge in [-0.1, -0.05) is 41.0 Å². The number of esters is 2. The number of nitro groups is 1. The van der Waals surface area contributed by atoms with Gasteiger partial charge in [-0.15, -0.1) is 0 Å². The van der Waals surface area contributed by atoms with Gasteiger partial charge < -0.3 is 19.0 Å². The predicted octanol–water partition coefficient (Wildman–Crippen LogP) is 3.97. The largest absolute Gasteiger partial charge is 0.475 e. The molecule has 0 N–H and O–H groups in total. The molecule has 0 fully saturated rings. The minimum Gasteiger partial charge on any atom is -0.463 e. The minimum absolute atomic E-state index is 0.157. The van der Waals surface area contributed by atoms with Crippen molar-refractivity contribution in [2.45, 2.75) is 26.1 Å². The Morgan fingerprint density at radius 1 is 1.11 bits per heavy atom. The number of oxime groups is 1. The van der Waals surface area contributed by atoms with Gasteiger partial charge in [0.2, 0.25) is 6.61 Å². The lowest BCUT2D eigenvalue weighted by Crippen LogP contribution is -2.29. The van der Waals surface area contributed by atoms with E-state index in [1.165, 1.54) is 6.21 Å². The quantitative estimate of drug-likeness (QED) is 0.120. The Balaban J connectivity index is 1.84. The molecule has 0 aliphatic rings. The average Bonchev–Trinajstić information content (AvgIpc) is 2.84. The van der Waals surface area contributed by atoms with Crippen molar-refractivity contribution in [1.82, 2.24) is 0 Å². The van der Waals surface area contributed by atoms with E-state index >= 15 is 0 Å². The number of carbonyl (C=O) groups is 2. The van der Waals surface area contributed by atoms with E-state index in [-0.39, 0.29) is 19.0 Å². The molecule has 37 heavy (non-hydrogen) atoms. The molecule has 15 heteroatoms. The Kier molecular flexibility index (Phi) is 11.1. The number of rotatable bonds is 13. The molecule has 0 radical (unpaired) electrons. The first kappa shape index (κ1) is 29.3. The lowest BCUT2D eigenvalue weighted by molar-refractivity contribution is -0.621. The topological polar surface area (TPSA) is 136 Å². The molecule has 0 spiro atoms. The van der Waals surface area contributed by atoms with Gasteiger partial charge in [-0.3, -0.25) is 14.9 Å². The molecule has 0 saturated heterocycles. The highest BCUT2D eigenvalue weighted by atomic mass is 35.5. The summed E-state index contributed by atoms with van der Waals surface area (Å²) < 4.78 is 57.6. The third-order valence-corrected chi connectivity index (χ3v) is 4.44. The van der Waals surface area contributed by atoms with Crippen molar-refractivity contribution < 1.29 is 51.5 Å². The molecule has 2 aromatic rings. The first-order valence-corrected chi connectivity index (χ1v) is 10.7. The third-order valence-electron chi connectivity index (χ3n) is 4.15. The van der Waals surface area contributed by atoms with Crippen LogP contribution in [-0.4, -0.2) is 49.3 Å². The van der Waals surface area contributed by atoms with E-state index in [2.05, 4.69) is 14.6 Å². The zero-order valence-corrected chi connectivity index (χ0v) is 19.9. The molecule has 200 valence electrons. The molecule has 0 aliphatic heterocycles. The fourth-order valence-corrected chi connectivity index (χ4v) is 2.68. The van der Waals surface area contributed by atoms with Gasteiger partial charge in [-0.05, 0) is 36.2 Å². The lowest BCUT2D eigenvalue weighted by Gasteiger charge is -2.14. The summed E-state index contributed by atoms with van der Waals surface area (Å²) in [5.41, 5.74) is 0.00298. The van der Waals surface area contributed by atoms with Crippen LogP contribution in [0.4, 0.5) is 13.2 Å². The van der Waals surface area contributed by atoms with Crippen LogP contribution >= 0.6 is 11.6 Å². The van der Waals surface area contributed by atoms with Gasteiger partial charge in [0.1, 0.15) is 5.75 Å². The van der Waals surface area contributed by atoms with Crippen LogP contribution in [0.2, 0.25) is 5.02 Å². The molecule has 0 bridgehead atoms. The second kappa shape index (κ2) is 14.0.